The predicted octanol–water partition coefficient (Wildman–Crippen LogP) is 3.69. The number of nitrogens with one attached hydrogen (secondary N) is 1. The first-order valence-corrected chi connectivity index (χ1v) is 7.96. The van der Waals surface area contributed by atoms with Crippen molar-refractivity contribution in [3.63, 3.8) is 0 Å². The minimum atomic E-state index is -0.404. The molecule has 3 aromatic rings. The van der Waals surface area contributed by atoms with Gasteiger partial charge in [0.1, 0.15) is 11.6 Å². The molecule has 0 aliphatic carbocycles. The van der Waals surface area contributed by atoms with Gasteiger partial charge in [-0.25, -0.2) is 4.79 Å². The second-order valence-corrected chi connectivity index (χ2v) is 5.76. The SMILES string of the molecule is Cl.Cl.N=C(N)c1ccc2cc(OC(=O)c3ccc(CCN)cc3)ccc2c1. The molecule has 0 heterocycles. The van der Waals surface area contributed by atoms with Crippen molar-refractivity contribution in [1.82, 2.24) is 0 Å². The predicted molar refractivity (Wildman–Crippen MR) is 114 cm³/mol. The molecule has 0 unspecified atom stereocenters. The van der Waals surface area contributed by atoms with Crippen molar-refractivity contribution >= 4 is 47.4 Å². The van der Waals surface area contributed by atoms with Crippen LogP contribution in [-0.4, -0.2) is 18.3 Å². The molecule has 5 nitrogen and oxygen atoms in total. The Morgan fingerprint density at radius 2 is 1.48 bits per heavy atom. The molecule has 0 spiro atoms. The average molecular weight is 406 g/mol. The number of rotatable bonds is 5. The lowest BCUT2D eigenvalue weighted by Gasteiger charge is -2.07. The van der Waals surface area contributed by atoms with Gasteiger partial charge in [0.05, 0.1) is 5.56 Å². The van der Waals surface area contributed by atoms with Gasteiger partial charge in [-0.15, -0.1) is 24.8 Å². The van der Waals surface area contributed by atoms with Gasteiger partial charge in [-0.1, -0.05) is 30.3 Å². The van der Waals surface area contributed by atoms with Crippen LogP contribution < -0.4 is 16.2 Å². The number of nitrogens with two attached hydrogens (primary N) is 2. The number of amidine groups is 1. The summed E-state index contributed by atoms with van der Waals surface area (Å²) in [6, 6.07) is 18.1. The fourth-order valence-electron chi connectivity index (χ4n) is 2.59. The van der Waals surface area contributed by atoms with Crippen LogP contribution in [0.1, 0.15) is 21.5 Å². The topological polar surface area (TPSA) is 102 Å². The summed E-state index contributed by atoms with van der Waals surface area (Å²) >= 11 is 0. The van der Waals surface area contributed by atoms with E-state index in [1.807, 2.05) is 30.3 Å². The third kappa shape index (κ3) is 5.44. The zero-order valence-electron chi connectivity index (χ0n) is 14.5. The monoisotopic (exact) mass is 405 g/mol. The van der Waals surface area contributed by atoms with Gasteiger partial charge in [-0.2, -0.15) is 0 Å². The van der Waals surface area contributed by atoms with Crippen LogP contribution in [0.4, 0.5) is 0 Å². The third-order valence-electron chi connectivity index (χ3n) is 3.96. The van der Waals surface area contributed by atoms with Crippen LogP contribution in [0.2, 0.25) is 0 Å². The van der Waals surface area contributed by atoms with Gasteiger partial charge in [0.25, 0.3) is 0 Å². The molecule has 5 N–H and O–H groups in total. The summed E-state index contributed by atoms with van der Waals surface area (Å²) in [5.41, 5.74) is 13.3. The number of carbonyl (C=O) groups excluding carboxylic acids is 1. The van der Waals surface area contributed by atoms with Gasteiger partial charge in [-0.3, -0.25) is 5.41 Å². The number of hydrogen-bond acceptors (Lipinski definition) is 4. The summed E-state index contributed by atoms with van der Waals surface area (Å²) in [7, 11) is 0. The molecule has 0 radical (unpaired) electrons. The lowest BCUT2D eigenvalue weighted by atomic mass is 10.1. The van der Waals surface area contributed by atoms with Gasteiger partial charge >= 0.3 is 5.97 Å². The first kappa shape index (κ1) is 22.4. The van der Waals surface area contributed by atoms with E-state index < -0.39 is 5.97 Å². The van der Waals surface area contributed by atoms with Gasteiger partial charge in [-0.05, 0) is 59.6 Å². The number of ether oxygens (including phenoxy) is 1. The Balaban J connectivity index is 0.00000182. The van der Waals surface area contributed by atoms with E-state index in [0.717, 1.165) is 22.8 Å². The molecule has 0 aliphatic rings. The van der Waals surface area contributed by atoms with Gasteiger partial charge in [0.2, 0.25) is 0 Å². The van der Waals surface area contributed by atoms with Crippen LogP contribution in [0.3, 0.4) is 0 Å². The maximum absolute atomic E-state index is 12.3. The highest BCUT2D eigenvalue weighted by Gasteiger charge is 2.09. The Morgan fingerprint density at radius 1 is 0.889 bits per heavy atom. The molecule has 0 aliphatic heterocycles. The maximum atomic E-state index is 12.3. The van der Waals surface area contributed by atoms with E-state index in [1.54, 1.807) is 30.3 Å². The number of esters is 1. The zero-order chi connectivity index (χ0) is 17.8. The smallest absolute Gasteiger partial charge is 0.343 e. The van der Waals surface area contributed by atoms with Crippen molar-refractivity contribution in [2.45, 2.75) is 6.42 Å². The van der Waals surface area contributed by atoms with Crippen LogP contribution in [0, 0.1) is 5.41 Å². The molecule has 0 saturated carbocycles. The van der Waals surface area contributed by atoms with Crippen molar-refractivity contribution < 1.29 is 9.53 Å². The largest absolute Gasteiger partial charge is 0.423 e. The number of nitrogen functional groups attached to an aromatic ring is 1. The van der Waals surface area contributed by atoms with Crippen LogP contribution >= 0.6 is 24.8 Å². The van der Waals surface area contributed by atoms with Crippen LogP contribution in [0.5, 0.6) is 5.75 Å². The van der Waals surface area contributed by atoms with Gasteiger partial charge in [0.15, 0.2) is 0 Å². The lowest BCUT2D eigenvalue weighted by Crippen LogP contribution is -2.10. The number of fused-ring (bicyclic) bond motifs is 1. The van der Waals surface area contributed by atoms with Crippen molar-refractivity contribution in [2.24, 2.45) is 11.5 Å². The molecule has 0 atom stereocenters. The molecule has 3 aromatic carbocycles. The van der Waals surface area contributed by atoms with Crippen LogP contribution in [0.25, 0.3) is 10.8 Å². The van der Waals surface area contributed by atoms with E-state index in [0.29, 0.717) is 23.4 Å². The van der Waals surface area contributed by atoms with E-state index in [9.17, 15) is 4.79 Å². The van der Waals surface area contributed by atoms with E-state index in [2.05, 4.69) is 0 Å². The standard InChI is InChI=1S/C20H19N3O2.2ClH/c21-10-9-13-1-3-14(4-2-13)20(24)25-18-8-7-15-11-17(19(22)23)6-5-16(15)12-18;;/h1-8,11-12H,9-10,21H2,(H3,22,23);2*1H. The fraction of sp³-hybridized carbons (Fsp3) is 0.100. The highest BCUT2D eigenvalue weighted by Crippen LogP contribution is 2.23. The van der Waals surface area contributed by atoms with Crippen molar-refractivity contribution in [3.8, 4) is 5.75 Å². The fourth-order valence-corrected chi connectivity index (χ4v) is 2.59. The summed E-state index contributed by atoms with van der Waals surface area (Å²) in [5, 5.41) is 9.32. The summed E-state index contributed by atoms with van der Waals surface area (Å²) in [5.74, 6) is 0.0913. The van der Waals surface area contributed by atoms with Crippen molar-refractivity contribution in [1.29, 1.82) is 5.41 Å². The normalized spacial score (nSPS) is 9.81. The maximum Gasteiger partial charge on any atom is 0.343 e. The Kier molecular flexibility index (Phi) is 8.25. The molecule has 142 valence electrons. The number of benzene rings is 3. The van der Waals surface area contributed by atoms with Crippen molar-refractivity contribution in [3.05, 3.63) is 77.4 Å². The Labute approximate surface area is 170 Å². The molecule has 0 bridgehead atoms. The Bertz CT molecular complexity index is 944. The average Bonchev–Trinajstić information content (AvgIpc) is 2.62. The number of hydrogen-bond donors (Lipinski definition) is 3. The Hall–Kier alpha value is -2.60. The molecule has 7 heteroatoms. The highest BCUT2D eigenvalue weighted by atomic mass is 35.5. The lowest BCUT2D eigenvalue weighted by molar-refractivity contribution is 0.0735. The molecule has 0 fully saturated rings. The molecule has 0 aromatic heterocycles. The minimum Gasteiger partial charge on any atom is -0.423 e. The van der Waals surface area contributed by atoms with Crippen molar-refractivity contribution in [2.75, 3.05) is 6.54 Å². The summed E-state index contributed by atoms with van der Waals surface area (Å²) in [6.45, 7) is 0.576. The number of carbonyl (C=O) groups is 1. The molecular weight excluding hydrogens is 385 g/mol. The van der Waals surface area contributed by atoms with E-state index in [4.69, 9.17) is 21.6 Å². The van der Waals surface area contributed by atoms with Crippen LogP contribution in [0.15, 0.2) is 60.7 Å². The first-order valence-electron chi connectivity index (χ1n) is 7.96. The highest BCUT2D eigenvalue weighted by molar-refractivity contribution is 5.99. The minimum absolute atomic E-state index is 0. The quantitative estimate of drug-likeness (QED) is 0.260. The van der Waals surface area contributed by atoms with Gasteiger partial charge in [0, 0.05) is 5.56 Å². The van der Waals surface area contributed by atoms with E-state index >= 15 is 0 Å². The summed E-state index contributed by atoms with van der Waals surface area (Å²) in [4.78, 5) is 12.3. The molecule has 0 amide bonds. The summed E-state index contributed by atoms with van der Waals surface area (Å²) < 4.78 is 5.46. The molecule has 3 rings (SSSR count). The van der Waals surface area contributed by atoms with Gasteiger partial charge < -0.3 is 16.2 Å². The summed E-state index contributed by atoms with van der Waals surface area (Å²) in [6.07, 6.45) is 0.780. The third-order valence-corrected chi connectivity index (χ3v) is 3.96. The van der Waals surface area contributed by atoms with E-state index in [-0.39, 0.29) is 30.6 Å². The number of halogens is 2. The molecular formula is C20H21Cl2N3O2. The Morgan fingerprint density at radius 3 is 2.11 bits per heavy atom. The second kappa shape index (κ2) is 9.92. The first-order chi connectivity index (χ1) is 12.1. The van der Waals surface area contributed by atoms with E-state index in [1.165, 1.54) is 0 Å². The molecule has 0 saturated heterocycles. The molecule has 27 heavy (non-hydrogen) atoms. The van der Waals surface area contributed by atoms with Crippen LogP contribution in [-0.2, 0) is 6.42 Å². The second-order valence-electron chi connectivity index (χ2n) is 5.76. The zero-order valence-corrected chi connectivity index (χ0v) is 16.1.